The Morgan fingerprint density at radius 3 is 1.31 bits per heavy atom. The van der Waals surface area contributed by atoms with Gasteiger partial charge in [-0.1, -0.05) is 109 Å². The van der Waals surface area contributed by atoms with E-state index in [0.29, 0.717) is 57.5 Å². The number of carbonyl (C=O) groups is 4. The molecule has 0 unspecified atom stereocenters. The van der Waals surface area contributed by atoms with E-state index in [1.165, 1.54) is 48.1 Å². The van der Waals surface area contributed by atoms with Crippen LogP contribution >= 0.6 is 0 Å². The first-order chi connectivity index (χ1) is 46.3. The molecule has 0 atom stereocenters. The number of anilines is 5. The van der Waals surface area contributed by atoms with Gasteiger partial charge < -0.3 is 35.6 Å². The van der Waals surface area contributed by atoms with Gasteiger partial charge in [0, 0.05) is 55.0 Å². The highest BCUT2D eigenvalue weighted by Crippen LogP contribution is 2.37. The van der Waals surface area contributed by atoms with E-state index in [1.807, 2.05) is 144 Å². The van der Waals surface area contributed by atoms with Crippen LogP contribution < -0.4 is 48.6 Å². The molecule has 4 N–H and O–H groups in total. The van der Waals surface area contributed by atoms with E-state index in [0.717, 1.165) is 28.9 Å². The van der Waals surface area contributed by atoms with Crippen molar-refractivity contribution in [2.45, 2.75) is 94.1 Å². The molecule has 9 aromatic rings. The Morgan fingerprint density at radius 1 is 0.485 bits per heavy atom. The van der Waals surface area contributed by atoms with Crippen LogP contribution in [-0.2, 0) is 61.5 Å². The van der Waals surface area contributed by atoms with Crippen molar-refractivity contribution in [3.63, 3.8) is 0 Å². The molecule has 0 radical (unpaired) electrons. The minimum absolute atomic E-state index is 0.00924. The van der Waals surface area contributed by atoms with Crippen molar-refractivity contribution >= 4 is 82.1 Å². The molecule has 2 aliphatic rings. The lowest BCUT2D eigenvalue weighted by Crippen LogP contribution is -2.33. The minimum Gasteiger partial charge on any atom is -0.490 e. The fourth-order valence-corrected chi connectivity index (χ4v) is 14.8. The molecule has 4 amide bonds. The van der Waals surface area contributed by atoms with Crippen LogP contribution in [0.4, 0.5) is 28.4 Å². The van der Waals surface area contributed by atoms with Gasteiger partial charge in [-0.3, -0.25) is 36.8 Å². The number of nitrogens with one attached hydrogen (secondary N) is 4. The van der Waals surface area contributed by atoms with Crippen molar-refractivity contribution in [1.82, 2.24) is 25.7 Å². The largest absolute Gasteiger partial charge is 0.490 e. The smallest absolute Gasteiger partial charge is 0.281 e. The highest BCUT2D eigenvalue weighted by molar-refractivity contribution is 7.93. The molecule has 22 nitrogen and oxygen atoms in total. The van der Waals surface area contributed by atoms with Crippen molar-refractivity contribution in [2.75, 3.05) is 49.9 Å². The third kappa shape index (κ3) is 17.9. The van der Waals surface area contributed by atoms with Gasteiger partial charge in [0.1, 0.15) is 18.1 Å². The number of hydrogen-bond donors (Lipinski definition) is 4. The summed E-state index contributed by atoms with van der Waals surface area (Å²) in [5, 5.41) is 15.2. The maximum absolute atomic E-state index is 13.9. The molecule has 0 saturated carbocycles. The molecule has 0 spiro atoms. The van der Waals surface area contributed by atoms with Crippen molar-refractivity contribution in [3.05, 3.63) is 246 Å². The predicted molar refractivity (Wildman–Crippen MR) is 376 cm³/mol. The molecular formula is C72H78N10O12S3. The summed E-state index contributed by atoms with van der Waals surface area (Å²) in [5.41, 5.74) is 5.90. The van der Waals surface area contributed by atoms with Crippen LogP contribution in [0.1, 0.15) is 89.3 Å². The number of ether oxygens (including phenoxy) is 2. The second-order valence-electron chi connectivity index (χ2n) is 23.7. The second-order valence-corrected chi connectivity index (χ2v) is 29.2. The number of amides is 4. The number of benzene rings is 8. The summed E-state index contributed by atoms with van der Waals surface area (Å²) in [6, 6.07) is 58.3. The average molecular weight is 1370 g/mol. The van der Waals surface area contributed by atoms with Crippen molar-refractivity contribution < 1.29 is 53.9 Å². The molecule has 11 rings (SSSR count). The highest BCUT2D eigenvalue weighted by atomic mass is 32.2. The summed E-state index contributed by atoms with van der Waals surface area (Å²) in [7, 11) is -8.41. The molecule has 25 heteroatoms. The summed E-state index contributed by atoms with van der Waals surface area (Å²) >= 11 is 0. The highest BCUT2D eigenvalue weighted by Gasteiger charge is 2.32. The van der Waals surface area contributed by atoms with Crippen molar-refractivity contribution in [2.24, 2.45) is 7.05 Å². The number of sulfonamides is 3. The van der Waals surface area contributed by atoms with Crippen LogP contribution in [0, 0.1) is 0 Å². The molecule has 0 aliphatic carbocycles. The van der Waals surface area contributed by atoms with Crippen LogP contribution in [0.5, 0.6) is 11.5 Å². The third-order valence-corrected chi connectivity index (χ3v) is 20.5. The first kappa shape index (κ1) is 70.8. The van der Waals surface area contributed by atoms with E-state index < -0.39 is 30.1 Å². The summed E-state index contributed by atoms with van der Waals surface area (Å²) in [5.74, 6) is -0.201. The van der Waals surface area contributed by atoms with Gasteiger partial charge >= 0.3 is 0 Å². The fourth-order valence-electron chi connectivity index (χ4n) is 10.3. The number of aromatic nitrogens is 2. The third-order valence-electron chi connectivity index (χ3n) is 15.1. The van der Waals surface area contributed by atoms with Crippen LogP contribution in [0.25, 0.3) is 0 Å². The number of aryl methyl sites for hydroxylation is 1. The molecular weight excluding hydrogens is 1290 g/mol. The molecule has 1 aromatic heterocycles. The Labute approximate surface area is 567 Å². The number of rotatable bonds is 21. The monoisotopic (exact) mass is 1370 g/mol. The summed E-state index contributed by atoms with van der Waals surface area (Å²) in [4.78, 5) is 51.5. The summed E-state index contributed by atoms with van der Waals surface area (Å²) in [6.07, 6.45) is 1.44. The molecule has 97 heavy (non-hydrogen) atoms. The molecule has 2 aliphatic heterocycles. The van der Waals surface area contributed by atoms with E-state index in [9.17, 15) is 44.4 Å². The zero-order chi connectivity index (χ0) is 69.6. The van der Waals surface area contributed by atoms with Gasteiger partial charge in [0.15, 0.2) is 11.6 Å². The van der Waals surface area contributed by atoms with Gasteiger partial charge in [0.25, 0.3) is 53.7 Å². The number of likely N-dealkylation sites (N-methyl/N-ethyl adjacent to an activating group) is 1. The van der Waals surface area contributed by atoms with Crippen molar-refractivity contribution in [1.29, 1.82) is 0 Å². The van der Waals surface area contributed by atoms with Crippen LogP contribution in [0.15, 0.2) is 227 Å². The fraction of sp³-hybridized carbons (Fsp3) is 0.236. The maximum Gasteiger partial charge on any atom is 0.281 e. The van der Waals surface area contributed by atoms with Gasteiger partial charge in [-0.05, 0) is 149 Å². The zero-order valence-corrected chi connectivity index (χ0v) is 57.4. The number of hydrogen-bond acceptors (Lipinski definition) is 14. The van der Waals surface area contributed by atoms with Gasteiger partial charge in [0.2, 0.25) is 0 Å². The molecule has 506 valence electrons. The predicted octanol–water partition coefficient (Wildman–Crippen LogP) is 10.6. The Kier molecular flexibility index (Phi) is 22.9. The zero-order valence-electron chi connectivity index (χ0n) is 55.0. The Morgan fingerprint density at radius 2 is 0.897 bits per heavy atom. The lowest BCUT2D eigenvalue weighted by molar-refractivity contribution is -0.118. The van der Waals surface area contributed by atoms with E-state index in [1.54, 1.807) is 98.0 Å². The number of fused-ring (bicyclic) bond motifs is 2. The molecule has 0 saturated heterocycles. The topological polar surface area (TPSA) is 268 Å². The quantitative estimate of drug-likeness (QED) is 0.0521. The average Bonchev–Trinajstić information content (AvgIpc) is 1.33. The van der Waals surface area contributed by atoms with Gasteiger partial charge in [-0.2, -0.15) is 13.5 Å². The van der Waals surface area contributed by atoms with E-state index >= 15 is 0 Å². The maximum atomic E-state index is 13.9. The van der Waals surface area contributed by atoms with Gasteiger partial charge in [0.05, 0.1) is 70.6 Å². The molecule has 0 fully saturated rings. The van der Waals surface area contributed by atoms with Gasteiger partial charge in [-0.15, -0.1) is 0 Å². The summed E-state index contributed by atoms with van der Waals surface area (Å²) in [6.45, 7) is 12.6. The van der Waals surface area contributed by atoms with E-state index in [4.69, 9.17) is 9.47 Å². The first-order valence-corrected chi connectivity index (χ1v) is 35.6. The number of carbonyl (C=O) groups excluding carboxylic acids is 4. The van der Waals surface area contributed by atoms with Crippen LogP contribution in [0.2, 0.25) is 0 Å². The Hall–Kier alpha value is -10.5. The van der Waals surface area contributed by atoms with Crippen LogP contribution in [-0.4, -0.2) is 104 Å². The molecule has 0 bridgehead atoms. The van der Waals surface area contributed by atoms with Crippen molar-refractivity contribution in [3.8, 4) is 11.5 Å². The molecule has 3 heterocycles. The normalized spacial score (nSPS) is 12.6. The lowest BCUT2D eigenvalue weighted by Gasteiger charge is -2.29. The van der Waals surface area contributed by atoms with Crippen LogP contribution in [0.3, 0.4) is 0 Å². The Balaban J connectivity index is 0.000000171. The van der Waals surface area contributed by atoms with Gasteiger partial charge in [-0.25, -0.2) is 16.8 Å². The summed E-state index contributed by atoms with van der Waals surface area (Å²) < 4.78 is 98.7. The second kappa shape index (κ2) is 31.4. The van der Waals surface area contributed by atoms with E-state index in [-0.39, 0.29) is 82.8 Å². The first-order valence-electron chi connectivity index (χ1n) is 31.2. The Bertz CT molecular complexity index is 4620. The minimum atomic E-state index is -4.07. The molecule has 8 aromatic carbocycles. The standard InChI is InChI=1S/C26H29N3O4S.C25H25N3O5S.C21H24N4O3S/c1-19(2)27-26(30)21-10-7-11-22(16-21)29(18-20-8-5-4-6-9-20)34(31,32)23-12-13-24-25(17-23)33-15-14-28(24)3;1-17(2)26-25(30)19-9-6-10-20(13-19)28(15-18-7-4-3-5-8-18)34(31,32)21-11-12-23-22(14-21)27-24(29)16-33-23;1-16(2)23-21(26)18-10-7-11-19(14-18)25(15-17-8-5-4-6-9-17)29(27,28)20-12-13-22-24(20)3/h4-13,16-17,19H,14-15,18H2,1-3H3,(H,27,30);3-14,17H,15-16H2,1-2H3,(H,26,30)(H,27,29);4-14,16H,15H2,1-3H3,(H,23,26). The SMILES string of the molecule is CC(C)NC(=O)c1cccc(N(Cc2ccccc2)S(=O)(=O)c2ccc3c(c2)NC(=O)CO3)c1.CC(C)NC(=O)c1cccc(N(Cc2ccccc2)S(=O)(=O)c2ccc3c(c2)OCCN3C)c1.CC(C)NC(=O)c1cccc(N(Cc2ccccc2)S(=O)(=O)c2ccnn2C)c1. The lowest BCUT2D eigenvalue weighted by atomic mass is 10.1. The number of nitrogens with zero attached hydrogens (tertiary/aromatic N) is 6. The van der Waals surface area contributed by atoms with E-state index in [2.05, 4.69) is 26.4 Å².